The largest absolute Gasteiger partial charge is 0.506 e. The van der Waals surface area contributed by atoms with Crippen LogP contribution in [0, 0.1) is 11.6 Å². The Labute approximate surface area is 145 Å². The van der Waals surface area contributed by atoms with Crippen LogP contribution in [0.15, 0.2) is 65.1 Å². The van der Waals surface area contributed by atoms with E-state index in [4.69, 9.17) is 0 Å². The maximum absolute atomic E-state index is 14.4. The van der Waals surface area contributed by atoms with Crippen LogP contribution >= 0.6 is 15.9 Å². The van der Waals surface area contributed by atoms with Crippen LogP contribution in [0.4, 0.5) is 25.8 Å². The van der Waals surface area contributed by atoms with E-state index in [2.05, 4.69) is 15.9 Å². The van der Waals surface area contributed by atoms with E-state index in [0.717, 1.165) is 17.0 Å². The van der Waals surface area contributed by atoms with Crippen molar-refractivity contribution in [1.82, 2.24) is 0 Å². The Kier molecular flexibility index (Phi) is 4.40. The van der Waals surface area contributed by atoms with Gasteiger partial charge in [0, 0.05) is 4.47 Å². The number of nitrogens with zero attached hydrogens (tertiary/aromatic N) is 1. The average Bonchev–Trinajstić information content (AvgIpc) is 2.55. The third-order valence-corrected chi connectivity index (χ3v) is 3.96. The fraction of sp³-hybridized carbons (Fsp3) is 0. The highest BCUT2D eigenvalue weighted by molar-refractivity contribution is 9.10. The molecule has 24 heavy (non-hydrogen) atoms. The summed E-state index contributed by atoms with van der Waals surface area (Å²) in [6, 6.07) is 14.1. The molecule has 0 amide bonds. The van der Waals surface area contributed by atoms with Gasteiger partial charge in [0.2, 0.25) is 0 Å². The maximum Gasteiger partial charge on any atom is 0.150 e. The lowest BCUT2D eigenvalue weighted by molar-refractivity contribution is 0.472. The second-order valence-electron chi connectivity index (χ2n) is 5.03. The van der Waals surface area contributed by atoms with Crippen molar-refractivity contribution >= 4 is 33.0 Å². The molecule has 0 bridgehead atoms. The zero-order valence-electron chi connectivity index (χ0n) is 12.2. The predicted molar refractivity (Wildman–Crippen MR) is 92.1 cm³/mol. The highest BCUT2D eigenvalue weighted by Crippen LogP contribution is 2.45. The molecule has 0 heterocycles. The first-order valence-corrected chi connectivity index (χ1v) is 7.79. The molecule has 0 unspecified atom stereocenters. The molecule has 6 heteroatoms. The van der Waals surface area contributed by atoms with Crippen LogP contribution in [0.5, 0.6) is 11.5 Å². The zero-order valence-corrected chi connectivity index (χ0v) is 13.8. The number of benzene rings is 3. The molecule has 0 aliphatic carbocycles. The van der Waals surface area contributed by atoms with E-state index >= 15 is 0 Å². The standard InChI is InChI=1S/C18H12BrF2NO2/c19-11-8-9-17(24)15(10-11)22(14-6-1-2-7-16(14)23)18-12(20)4-3-5-13(18)21/h1-10,23-24H. The van der Waals surface area contributed by atoms with Crippen LogP contribution in [0.2, 0.25) is 0 Å². The molecule has 0 saturated heterocycles. The normalized spacial score (nSPS) is 10.6. The minimum Gasteiger partial charge on any atom is -0.506 e. The van der Waals surface area contributed by atoms with Gasteiger partial charge in [0.1, 0.15) is 28.8 Å². The molecular formula is C18H12BrF2NO2. The van der Waals surface area contributed by atoms with Crippen molar-refractivity contribution in [2.24, 2.45) is 0 Å². The lowest BCUT2D eigenvalue weighted by atomic mass is 10.1. The third kappa shape index (κ3) is 2.92. The highest BCUT2D eigenvalue weighted by atomic mass is 79.9. The molecule has 2 N–H and O–H groups in total. The molecular weight excluding hydrogens is 380 g/mol. The summed E-state index contributed by atoms with van der Waals surface area (Å²) in [5.74, 6) is -2.01. The minimum atomic E-state index is -0.822. The number of phenols is 2. The number of halogens is 3. The number of rotatable bonds is 3. The van der Waals surface area contributed by atoms with Gasteiger partial charge in [0.05, 0.1) is 11.4 Å². The van der Waals surface area contributed by atoms with Gasteiger partial charge in [-0.05, 0) is 42.5 Å². The SMILES string of the molecule is Oc1ccccc1N(c1cc(Br)ccc1O)c1c(F)cccc1F. The monoisotopic (exact) mass is 391 g/mol. The molecule has 3 nitrogen and oxygen atoms in total. The van der Waals surface area contributed by atoms with Gasteiger partial charge >= 0.3 is 0 Å². The van der Waals surface area contributed by atoms with Crippen molar-refractivity contribution in [1.29, 1.82) is 0 Å². The first-order valence-electron chi connectivity index (χ1n) is 6.99. The van der Waals surface area contributed by atoms with Crippen molar-refractivity contribution in [3.63, 3.8) is 0 Å². The number of anilines is 3. The van der Waals surface area contributed by atoms with E-state index in [1.807, 2.05) is 0 Å². The summed E-state index contributed by atoms with van der Waals surface area (Å²) in [6.45, 7) is 0. The van der Waals surface area contributed by atoms with Crippen molar-refractivity contribution in [2.45, 2.75) is 0 Å². The van der Waals surface area contributed by atoms with Gasteiger partial charge in [-0.2, -0.15) is 0 Å². The molecule has 0 spiro atoms. The summed E-state index contributed by atoms with van der Waals surface area (Å²) in [6.07, 6.45) is 0. The Morgan fingerprint density at radius 3 is 2.04 bits per heavy atom. The van der Waals surface area contributed by atoms with E-state index in [9.17, 15) is 19.0 Å². The number of aromatic hydroxyl groups is 2. The second kappa shape index (κ2) is 6.49. The van der Waals surface area contributed by atoms with Crippen molar-refractivity contribution in [2.75, 3.05) is 4.90 Å². The van der Waals surface area contributed by atoms with Crippen LogP contribution in [-0.4, -0.2) is 10.2 Å². The number of hydrogen-bond donors (Lipinski definition) is 2. The Morgan fingerprint density at radius 2 is 1.38 bits per heavy atom. The van der Waals surface area contributed by atoms with E-state index < -0.39 is 17.3 Å². The lowest BCUT2D eigenvalue weighted by Gasteiger charge is -2.27. The minimum absolute atomic E-state index is 0.120. The number of hydrogen-bond acceptors (Lipinski definition) is 3. The highest BCUT2D eigenvalue weighted by Gasteiger charge is 2.24. The predicted octanol–water partition coefficient (Wildman–Crippen LogP) is 5.61. The molecule has 3 aromatic rings. The van der Waals surface area contributed by atoms with E-state index in [1.54, 1.807) is 18.2 Å². The maximum atomic E-state index is 14.4. The summed E-state index contributed by atoms with van der Waals surface area (Å²) in [7, 11) is 0. The first-order chi connectivity index (χ1) is 11.5. The average molecular weight is 392 g/mol. The summed E-state index contributed by atoms with van der Waals surface area (Å²) in [4.78, 5) is 1.14. The van der Waals surface area contributed by atoms with Crippen LogP contribution in [0.3, 0.4) is 0 Å². The molecule has 0 aromatic heterocycles. The zero-order chi connectivity index (χ0) is 17.3. The molecule has 0 radical (unpaired) electrons. The molecule has 3 rings (SSSR count). The topological polar surface area (TPSA) is 43.7 Å². The molecule has 0 atom stereocenters. The summed E-state index contributed by atoms with van der Waals surface area (Å²) < 4.78 is 29.4. The lowest BCUT2D eigenvalue weighted by Crippen LogP contribution is -2.14. The number of para-hydroxylation sites is 3. The van der Waals surface area contributed by atoms with Gasteiger partial charge in [-0.25, -0.2) is 8.78 Å². The molecule has 0 aliphatic rings. The van der Waals surface area contributed by atoms with Gasteiger partial charge in [-0.15, -0.1) is 0 Å². The molecule has 3 aromatic carbocycles. The van der Waals surface area contributed by atoms with Crippen LogP contribution in [-0.2, 0) is 0 Å². The Hall–Kier alpha value is -2.60. The van der Waals surface area contributed by atoms with Gasteiger partial charge in [0.15, 0.2) is 0 Å². The second-order valence-corrected chi connectivity index (χ2v) is 5.94. The van der Waals surface area contributed by atoms with Crippen molar-refractivity contribution in [3.05, 3.63) is 76.8 Å². The molecule has 0 fully saturated rings. The Morgan fingerprint density at radius 1 is 0.750 bits per heavy atom. The fourth-order valence-corrected chi connectivity index (χ4v) is 2.75. The van der Waals surface area contributed by atoms with E-state index in [-0.39, 0.29) is 22.9 Å². The van der Waals surface area contributed by atoms with Crippen molar-refractivity contribution < 1.29 is 19.0 Å². The van der Waals surface area contributed by atoms with Crippen LogP contribution in [0.25, 0.3) is 0 Å². The van der Waals surface area contributed by atoms with Gasteiger partial charge in [0.25, 0.3) is 0 Å². The Balaban J connectivity index is 2.34. The molecule has 122 valence electrons. The summed E-state index contributed by atoms with van der Waals surface area (Å²) in [5, 5.41) is 20.4. The smallest absolute Gasteiger partial charge is 0.150 e. The summed E-state index contributed by atoms with van der Waals surface area (Å²) in [5.41, 5.74) is -0.142. The Bertz CT molecular complexity index is 882. The van der Waals surface area contributed by atoms with E-state index in [1.165, 1.54) is 30.3 Å². The quantitative estimate of drug-likeness (QED) is 0.609. The first kappa shape index (κ1) is 16.3. The number of phenolic OH excluding ortho intramolecular Hbond substituents is 2. The summed E-state index contributed by atoms with van der Waals surface area (Å²) >= 11 is 3.28. The fourth-order valence-electron chi connectivity index (χ4n) is 2.40. The third-order valence-electron chi connectivity index (χ3n) is 3.46. The van der Waals surface area contributed by atoms with Gasteiger partial charge < -0.3 is 10.2 Å². The van der Waals surface area contributed by atoms with Gasteiger partial charge in [-0.3, -0.25) is 4.90 Å². The molecule has 0 saturated carbocycles. The van der Waals surface area contributed by atoms with Gasteiger partial charge in [-0.1, -0.05) is 34.1 Å². The van der Waals surface area contributed by atoms with E-state index in [0.29, 0.717) is 4.47 Å². The molecule has 0 aliphatic heterocycles. The van der Waals surface area contributed by atoms with Crippen molar-refractivity contribution in [3.8, 4) is 11.5 Å². The van der Waals surface area contributed by atoms with Crippen LogP contribution in [0.1, 0.15) is 0 Å². The van der Waals surface area contributed by atoms with Crippen LogP contribution < -0.4 is 4.90 Å².